The van der Waals surface area contributed by atoms with Gasteiger partial charge in [-0.3, -0.25) is 14.5 Å². The van der Waals surface area contributed by atoms with Crippen molar-refractivity contribution in [3.05, 3.63) is 45.4 Å². The van der Waals surface area contributed by atoms with E-state index in [0.29, 0.717) is 67.3 Å². The van der Waals surface area contributed by atoms with Gasteiger partial charge in [-0.1, -0.05) is 20.8 Å². The van der Waals surface area contributed by atoms with Crippen LogP contribution in [0.25, 0.3) is 11.4 Å². The van der Waals surface area contributed by atoms with E-state index in [9.17, 15) is 9.59 Å². The summed E-state index contributed by atoms with van der Waals surface area (Å²) in [7, 11) is 0. The second kappa shape index (κ2) is 11.2. The zero-order valence-electron chi connectivity index (χ0n) is 19.3. The lowest BCUT2D eigenvalue weighted by molar-refractivity contribution is 0.0615. The summed E-state index contributed by atoms with van der Waals surface area (Å²) in [6.07, 6.45) is 2.12. The minimum absolute atomic E-state index is 0.0554. The maximum atomic E-state index is 13.2. The van der Waals surface area contributed by atoms with E-state index in [1.807, 2.05) is 25.7 Å². The first kappa shape index (κ1) is 23.9. The van der Waals surface area contributed by atoms with Gasteiger partial charge in [0.05, 0.1) is 24.5 Å². The number of ether oxygens (including phenoxy) is 1. The molecule has 1 amide bonds. The largest absolute Gasteiger partial charge is 0.493 e. The predicted molar refractivity (Wildman–Crippen MR) is 124 cm³/mol. The third-order valence-electron chi connectivity index (χ3n) is 5.81. The normalized spacial score (nSPS) is 14.6. The Labute approximate surface area is 189 Å². The standard InChI is InChI=1S/C24H34N4O4/c1-4-15-32-21-8-7-17(24(31)28-11-9-27(10-12-28)13-14-29)16-19(21)22-25-20(6-3)18(5-2)23(30)26-22/h7-8,16,29H,4-6,9-15H2,1-3H3,(H,25,26,30). The lowest BCUT2D eigenvalue weighted by Crippen LogP contribution is -2.49. The minimum Gasteiger partial charge on any atom is -0.493 e. The van der Waals surface area contributed by atoms with E-state index in [0.717, 1.165) is 25.2 Å². The quantitative estimate of drug-likeness (QED) is 0.617. The third-order valence-corrected chi connectivity index (χ3v) is 5.81. The fourth-order valence-corrected chi connectivity index (χ4v) is 4.01. The Balaban J connectivity index is 1.95. The number of rotatable bonds is 9. The van der Waals surface area contributed by atoms with E-state index in [1.54, 1.807) is 18.2 Å². The number of hydrogen-bond donors (Lipinski definition) is 2. The molecular weight excluding hydrogens is 408 g/mol. The highest BCUT2D eigenvalue weighted by Gasteiger charge is 2.23. The first-order valence-corrected chi connectivity index (χ1v) is 11.5. The molecule has 1 aliphatic heterocycles. The Morgan fingerprint density at radius 1 is 1.16 bits per heavy atom. The van der Waals surface area contributed by atoms with Crippen molar-refractivity contribution in [3.8, 4) is 17.1 Å². The summed E-state index contributed by atoms with van der Waals surface area (Å²) in [4.78, 5) is 37.4. The van der Waals surface area contributed by atoms with Gasteiger partial charge in [0.25, 0.3) is 11.5 Å². The zero-order chi connectivity index (χ0) is 23.1. The lowest BCUT2D eigenvalue weighted by Gasteiger charge is -2.34. The number of aliphatic hydroxyl groups excluding tert-OH is 1. The van der Waals surface area contributed by atoms with Crippen LogP contribution in [0.2, 0.25) is 0 Å². The second-order valence-corrected chi connectivity index (χ2v) is 7.96. The number of aliphatic hydroxyl groups is 1. The Bertz CT molecular complexity index is 980. The molecule has 0 saturated carbocycles. The molecule has 3 rings (SSSR count). The maximum absolute atomic E-state index is 13.2. The molecule has 0 bridgehead atoms. The summed E-state index contributed by atoms with van der Waals surface area (Å²) in [5, 5.41) is 9.12. The third kappa shape index (κ3) is 5.37. The molecule has 2 aromatic rings. The highest BCUT2D eigenvalue weighted by atomic mass is 16.5. The molecular formula is C24H34N4O4. The van der Waals surface area contributed by atoms with Crippen molar-refractivity contribution in [3.63, 3.8) is 0 Å². The molecule has 1 aliphatic rings. The number of aryl methyl sites for hydroxylation is 1. The van der Waals surface area contributed by atoms with E-state index in [1.165, 1.54) is 0 Å². The Morgan fingerprint density at radius 2 is 1.91 bits per heavy atom. The van der Waals surface area contributed by atoms with Crippen LogP contribution in [0.15, 0.2) is 23.0 Å². The Morgan fingerprint density at radius 3 is 2.53 bits per heavy atom. The van der Waals surface area contributed by atoms with Crippen molar-refractivity contribution >= 4 is 5.91 Å². The summed E-state index contributed by atoms with van der Waals surface area (Å²) in [6.45, 7) is 9.94. The first-order valence-electron chi connectivity index (χ1n) is 11.5. The van der Waals surface area contributed by atoms with Crippen molar-refractivity contribution in [1.29, 1.82) is 0 Å². The second-order valence-electron chi connectivity index (χ2n) is 7.96. The van der Waals surface area contributed by atoms with Crippen LogP contribution < -0.4 is 10.3 Å². The zero-order valence-corrected chi connectivity index (χ0v) is 19.3. The van der Waals surface area contributed by atoms with Gasteiger partial charge in [0.1, 0.15) is 11.6 Å². The predicted octanol–water partition coefficient (Wildman–Crippen LogP) is 2.10. The van der Waals surface area contributed by atoms with Gasteiger partial charge in [-0.2, -0.15) is 0 Å². The number of hydrogen-bond acceptors (Lipinski definition) is 6. The fourth-order valence-electron chi connectivity index (χ4n) is 4.01. The Kier molecular flexibility index (Phi) is 8.41. The number of nitrogens with one attached hydrogen (secondary N) is 1. The van der Waals surface area contributed by atoms with Crippen LogP contribution in [0, 0.1) is 0 Å². The Hall–Kier alpha value is -2.71. The number of aromatic nitrogens is 2. The van der Waals surface area contributed by atoms with Gasteiger partial charge < -0.3 is 19.7 Å². The number of piperazine rings is 1. The van der Waals surface area contributed by atoms with E-state index in [4.69, 9.17) is 14.8 Å². The van der Waals surface area contributed by atoms with Crippen molar-refractivity contribution in [1.82, 2.24) is 19.8 Å². The summed E-state index contributed by atoms with van der Waals surface area (Å²) in [5.74, 6) is 0.975. The smallest absolute Gasteiger partial charge is 0.254 e. The SMILES string of the molecule is CCCOc1ccc(C(=O)N2CCN(CCO)CC2)cc1-c1nc(CC)c(CC)c(=O)[nH]1. The summed E-state index contributed by atoms with van der Waals surface area (Å²) in [6, 6.07) is 5.34. The molecule has 0 aliphatic carbocycles. The van der Waals surface area contributed by atoms with Crippen LogP contribution in [-0.4, -0.2) is 76.7 Å². The van der Waals surface area contributed by atoms with Crippen LogP contribution in [0.4, 0.5) is 0 Å². The fraction of sp³-hybridized carbons (Fsp3) is 0.542. The number of carbonyl (C=O) groups excluding carboxylic acids is 1. The highest BCUT2D eigenvalue weighted by Crippen LogP contribution is 2.30. The lowest BCUT2D eigenvalue weighted by atomic mass is 10.1. The van der Waals surface area contributed by atoms with Crippen LogP contribution >= 0.6 is 0 Å². The summed E-state index contributed by atoms with van der Waals surface area (Å²) < 4.78 is 5.91. The number of benzene rings is 1. The van der Waals surface area contributed by atoms with Gasteiger partial charge in [0.15, 0.2) is 0 Å². The minimum atomic E-state index is -0.146. The van der Waals surface area contributed by atoms with E-state index in [2.05, 4.69) is 9.88 Å². The molecule has 0 atom stereocenters. The molecule has 8 heteroatoms. The average Bonchev–Trinajstić information content (AvgIpc) is 2.82. The number of H-pyrrole nitrogens is 1. The molecule has 0 unspecified atom stereocenters. The molecule has 8 nitrogen and oxygen atoms in total. The summed E-state index contributed by atoms with van der Waals surface area (Å²) in [5.41, 5.74) is 2.48. The molecule has 1 fully saturated rings. The van der Waals surface area contributed by atoms with Gasteiger partial charge >= 0.3 is 0 Å². The van der Waals surface area contributed by atoms with Gasteiger partial charge in [-0.15, -0.1) is 0 Å². The molecule has 0 radical (unpaired) electrons. The molecule has 1 aromatic heterocycles. The first-order chi connectivity index (χ1) is 15.5. The highest BCUT2D eigenvalue weighted by molar-refractivity contribution is 5.96. The number of β-amino-alcohol motifs (C(OH)–C–C–N with tert-alkyl or cyclic N) is 1. The van der Waals surface area contributed by atoms with E-state index in [-0.39, 0.29) is 18.1 Å². The van der Waals surface area contributed by atoms with E-state index >= 15 is 0 Å². The monoisotopic (exact) mass is 442 g/mol. The number of nitrogens with zero attached hydrogens (tertiary/aromatic N) is 3. The molecule has 1 saturated heterocycles. The van der Waals surface area contributed by atoms with Crippen molar-refractivity contribution in [2.24, 2.45) is 0 Å². The van der Waals surface area contributed by atoms with Gasteiger partial charge in [-0.05, 0) is 37.5 Å². The van der Waals surface area contributed by atoms with Crippen LogP contribution in [0.3, 0.4) is 0 Å². The molecule has 2 heterocycles. The molecule has 0 spiro atoms. The van der Waals surface area contributed by atoms with Crippen molar-refractivity contribution in [2.45, 2.75) is 40.0 Å². The topological polar surface area (TPSA) is 98.8 Å². The van der Waals surface area contributed by atoms with Gasteiger partial charge in [-0.25, -0.2) is 4.98 Å². The molecule has 174 valence electrons. The van der Waals surface area contributed by atoms with Crippen molar-refractivity contribution in [2.75, 3.05) is 45.9 Å². The van der Waals surface area contributed by atoms with E-state index < -0.39 is 0 Å². The molecule has 1 aromatic carbocycles. The molecule has 2 N–H and O–H groups in total. The number of amides is 1. The van der Waals surface area contributed by atoms with Crippen LogP contribution in [0.1, 0.15) is 48.8 Å². The van der Waals surface area contributed by atoms with Crippen molar-refractivity contribution < 1.29 is 14.6 Å². The molecule has 32 heavy (non-hydrogen) atoms. The average molecular weight is 443 g/mol. The van der Waals surface area contributed by atoms with Crippen LogP contribution in [0.5, 0.6) is 5.75 Å². The maximum Gasteiger partial charge on any atom is 0.254 e. The summed E-state index contributed by atoms with van der Waals surface area (Å²) >= 11 is 0. The number of aromatic amines is 1. The van der Waals surface area contributed by atoms with Gasteiger partial charge in [0.2, 0.25) is 0 Å². The van der Waals surface area contributed by atoms with Gasteiger partial charge in [0, 0.05) is 43.9 Å². The van der Waals surface area contributed by atoms with Crippen LogP contribution in [-0.2, 0) is 12.8 Å². The number of carbonyl (C=O) groups is 1.